The van der Waals surface area contributed by atoms with E-state index in [1.165, 1.54) is 64.2 Å². The van der Waals surface area contributed by atoms with Crippen LogP contribution in [0.15, 0.2) is 4.99 Å². The van der Waals surface area contributed by atoms with E-state index in [0.717, 1.165) is 47.8 Å². The zero-order chi connectivity index (χ0) is 22.4. The van der Waals surface area contributed by atoms with Crippen molar-refractivity contribution in [3.63, 3.8) is 0 Å². The molecule has 0 saturated heterocycles. The Hall–Kier alpha value is 0.110. The molecule has 0 aromatic carbocycles. The lowest BCUT2D eigenvalue weighted by atomic mass is 9.44. The van der Waals surface area contributed by atoms with Crippen LogP contribution in [0.5, 0.6) is 0 Å². The van der Waals surface area contributed by atoms with Crippen LogP contribution in [0.3, 0.4) is 0 Å². The van der Waals surface area contributed by atoms with Crippen molar-refractivity contribution in [2.24, 2.45) is 57.2 Å². The fourth-order valence-electron chi connectivity index (χ4n) is 9.47. The number of alkyl halides is 1. The fraction of sp³-hybridized carbons (Fsp3) is 0.964. The highest BCUT2D eigenvalue weighted by atomic mass is 127. The summed E-state index contributed by atoms with van der Waals surface area (Å²) in [4.78, 5) is 15.4. The summed E-state index contributed by atoms with van der Waals surface area (Å²) in [5.41, 5.74) is 0.959. The van der Waals surface area contributed by atoms with Crippen LogP contribution in [0.25, 0.3) is 0 Å². The maximum absolute atomic E-state index is 11.1. The molecule has 4 saturated carbocycles. The predicted molar refractivity (Wildman–Crippen MR) is 138 cm³/mol. The van der Waals surface area contributed by atoms with Gasteiger partial charge in [0.1, 0.15) is 0 Å². The number of halogens is 1. The molecule has 4 fully saturated rings. The zero-order valence-corrected chi connectivity index (χ0v) is 22.9. The van der Waals surface area contributed by atoms with Gasteiger partial charge >= 0.3 is 0 Å². The quantitative estimate of drug-likeness (QED) is 0.145. The lowest BCUT2D eigenvalue weighted by molar-refractivity contribution is -0.115. The molecule has 31 heavy (non-hydrogen) atoms. The van der Waals surface area contributed by atoms with Gasteiger partial charge in [-0.3, -0.25) is 0 Å². The average molecular weight is 540 g/mol. The van der Waals surface area contributed by atoms with Crippen molar-refractivity contribution in [1.29, 1.82) is 0 Å². The molecule has 4 aliphatic carbocycles. The standard InChI is InChI=1S/C28H46INO/c1-18(2)7-6-8-19(3)22-11-12-23-21-10-9-20-15-25(29)26(30-17-31)16-28(20,5)24(21)13-14-27(22,23)4/h18-26H,6-16H2,1-5H3/t19-,20+,21+,22-,23+,24+,25+,26+,27-,28+/m1/s1. The minimum Gasteiger partial charge on any atom is -0.211 e. The Bertz CT molecular complexity index is 686. The molecule has 0 aliphatic heterocycles. The van der Waals surface area contributed by atoms with Gasteiger partial charge in [0.2, 0.25) is 6.08 Å². The van der Waals surface area contributed by atoms with Crippen molar-refractivity contribution in [3.05, 3.63) is 0 Å². The topological polar surface area (TPSA) is 29.4 Å². The summed E-state index contributed by atoms with van der Waals surface area (Å²) in [5, 5.41) is 0. The van der Waals surface area contributed by atoms with Gasteiger partial charge in [-0.05, 0) is 104 Å². The number of fused-ring (bicyclic) bond motifs is 5. The minimum atomic E-state index is 0.198. The number of carbonyl (C=O) groups excluding carboxylic acids is 1. The summed E-state index contributed by atoms with van der Waals surface area (Å²) < 4.78 is 0.519. The first-order valence-corrected chi connectivity index (χ1v) is 14.7. The van der Waals surface area contributed by atoms with Crippen LogP contribution in [0.1, 0.15) is 105 Å². The molecule has 0 spiro atoms. The minimum absolute atomic E-state index is 0.198. The first-order chi connectivity index (χ1) is 14.7. The van der Waals surface area contributed by atoms with Gasteiger partial charge in [0.15, 0.2) is 0 Å². The Balaban J connectivity index is 1.49. The maximum Gasteiger partial charge on any atom is 0.235 e. The SMILES string of the molecule is CC(C)CCC[C@@H](C)[C@H]1CC[C@H]2[C@@H]3CC[C@H]4C[C@H](I)[C@@H](N=C=O)C[C@]4(C)[C@H]3CC[C@]12C. The Labute approximate surface area is 205 Å². The first-order valence-electron chi connectivity index (χ1n) is 13.4. The van der Waals surface area contributed by atoms with E-state index < -0.39 is 0 Å². The van der Waals surface area contributed by atoms with Gasteiger partial charge in [-0.15, -0.1) is 0 Å². The van der Waals surface area contributed by atoms with Crippen molar-refractivity contribution < 1.29 is 4.79 Å². The number of aliphatic imine (C=N–C) groups is 1. The Morgan fingerprint density at radius 2 is 1.74 bits per heavy atom. The third-order valence-electron chi connectivity index (χ3n) is 11.1. The Kier molecular flexibility index (Phi) is 7.35. The molecule has 4 aliphatic rings. The molecule has 0 heterocycles. The molecule has 4 rings (SSSR count). The molecule has 0 radical (unpaired) electrons. The second-order valence-corrected chi connectivity index (χ2v) is 14.5. The summed E-state index contributed by atoms with van der Waals surface area (Å²) in [5.74, 6) is 6.21. The Morgan fingerprint density at radius 3 is 2.45 bits per heavy atom. The summed E-state index contributed by atoms with van der Waals surface area (Å²) in [6, 6.07) is 0.198. The summed E-state index contributed by atoms with van der Waals surface area (Å²) in [6.45, 7) is 12.6. The zero-order valence-electron chi connectivity index (χ0n) is 20.7. The van der Waals surface area contributed by atoms with Crippen molar-refractivity contribution in [2.45, 2.75) is 115 Å². The molecular weight excluding hydrogens is 493 g/mol. The summed E-state index contributed by atoms with van der Waals surface area (Å²) >= 11 is 2.56. The summed E-state index contributed by atoms with van der Waals surface area (Å²) in [7, 11) is 0. The van der Waals surface area contributed by atoms with Crippen LogP contribution in [0, 0.1) is 52.3 Å². The smallest absolute Gasteiger partial charge is 0.211 e. The van der Waals surface area contributed by atoms with Gasteiger partial charge < -0.3 is 0 Å². The van der Waals surface area contributed by atoms with Crippen LogP contribution in [0.4, 0.5) is 0 Å². The highest BCUT2D eigenvalue weighted by Crippen LogP contribution is 2.68. The van der Waals surface area contributed by atoms with Crippen LogP contribution in [-0.2, 0) is 4.79 Å². The number of isocyanates is 1. The number of rotatable bonds is 6. The first kappa shape index (κ1) is 24.2. The maximum atomic E-state index is 11.1. The average Bonchev–Trinajstić information content (AvgIpc) is 3.06. The van der Waals surface area contributed by atoms with E-state index in [1.54, 1.807) is 0 Å². The van der Waals surface area contributed by atoms with E-state index in [9.17, 15) is 4.79 Å². The number of nitrogens with zero attached hydrogens (tertiary/aromatic N) is 1. The van der Waals surface area contributed by atoms with Gasteiger partial charge in [-0.2, -0.15) is 0 Å². The van der Waals surface area contributed by atoms with E-state index >= 15 is 0 Å². The Morgan fingerprint density at radius 1 is 1.00 bits per heavy atom. The summed E-state index contributed by atoms with van der Waals surface area (Å²) in [6.07, 6.45) is 17.2. The molecule has 0 aromatic rings. The molecule has 2 nitrogen and oxygen atoms in total. The molecule has 0 N–H and O–H groups in total. The lowest BCUT2D eigenvalue weighted by Crippen LogP contribution is -2.55. The van der Waals surface area contributed by atoms with E-state index in [4.69, 9.17) is 0 Å². The van der Waals surface area contributed by atoms with Crippen LogP contribution >= 0.6 is 22.6 Å². The van der Waals surface area contributed by atoms with E-state index in [1.807, 2.05) is 6.08 Å². The van der Waals surface area contributed by atoms with Crippen LogP contribution in [-0.4, -0.2) is 16.0 Å². The second kappa shape index (κ2) is 9.40. The van der Waals surface area contributed by atoms with Gasteiger partial charge in [0, 0.05) is 3.92 Å². The van der Waals surface area contributed by atoms with Gasteiger partial charge in [-0.1, -0.05) is 76.5 Å². The third-order valence-corrected chi connectivity index (χ3v) is 12.4. The van der Waals surface area contributed by atoms with Crippen LogP contribution < -0.4 is 0 Å². The fourth-order valence-corrected chi connectivity index (χ4v) is 10.5. The van der Waals surface area contributed by atoms with Crippen molar-refractivity contribution >= 4 is 28.7 Å². The van der Waals surface area contributed by atoms with Crippen molar-refractivity contribution in [2.75, 3.05) is 0 Å². The predicted octanol–water partition coefficient (Wildman–Crippen LogP) is 8.23. The molecular formula is C28H46INO. The molecule has 0 bridgehead atoms. The monoisotopic (exact) mass is 539 g/mol. The molecule has 0 unspecified atom stereocenters. The molecule has 0 amide bonds. The highest BCUT2D eigenvalue weighted by Gasteiger charge is 2.61. The van der Waals surface area contributed by atoms with Gasteiger partial charge in [0.25, 0.3) is 0 Å². The molecule has 176 valence electrons. The number of hydrogen-bond acceptors (Lipinski definition) is 2. The molecule has 3 heteroatoms. The second-order valence-electron chi connectivity index (χ2n) is 12.9. The number of hydrogen-bond donors (Lipinski definition) is 0. The third kappa shape index (κ3) is 4.33. The van der Waals surface area contributed by atoms with Gasteiger partial charge in [-0.25, -0.2) is 9.79 Å². The molecule has 0 aromatic heterocycles. The normalized spacial score (nSPS) is 47.8. The van der Waals surface area contributed by atoms with E-state index in [0.29, 0.717) is 14.8 Å². The molecule has 10 atom stereocenters. The van der Waals surface area contributed by atoms with E-state index in [-0.39, 0.29) is 6.04 Å². The largest absolute Gasteiger partial charge is 0.235 e. The highest BCUT2D eigenvalue weighted by molar-refractivity contribution is 14.1. The lowest BCUT2D eigenvalue weighted by Gasteiger charge is -2.61. The van der Waals surface area contributed by atoms with Gasteiger partial charge in [0.05, 0.1) is 6.04 Å². The van der Waals surface area contributed by atoms with Crippen molar-refractivity contribution in [1.82, 2.24) is 0 Å². The van der Waals surface area contributed by atoms with Crippen LogP contribution in [0.2, 0.25) is 0 Å². The van der Waals surface area contributed by atoms with E-state index in [2.05, 4.69) is 62.2 Å². The van der Waals surface area contributed by atoms with Crippen molar-refractivity contribution in [3.8, 4) is 0 Å².